The van der Waals surface area contributed by atoms with Gasteiger partial charge in [0, 0.05) is 11.1 Å². The number of amidine groups is 1. The van der Waals surface area contributed by atoms with Crippen molar-refractivity contribution < 1.29 is 5.11 Å². The highest BCUT2D eigenvalue weighted by Gasteiger charge is 2.05. The molecule has 0 spiro atoms. The summed E-state index contributed by atoms with van der Waals surface area (Å²) in [5.41, 5.74) is 6.76. The van der Waals surface area contributed by atoms with E-state index < -0.39 is 0 Å². The molecule has 13 heavy (non-hydrogen) atoms. The summed E-state index contributed by atoms with van der Waals surface area (Å²) in [5.74, 6) is 0. The molecule has 0 saturated heterocycles. The summed E-state index contributed by atoms with van der Waals surface area (Å²) in [6.07, 6.45) is 1.60. The summed E-state index contributed by atoms with van der Waals surface area (Å²) in [7, 11) is 0. The Morgan fingerprint density at radius 1 is 1.77 bits per heavy atom. The molecule has 0 aromatic carbocycles. The van der Waals surface area contributed by atoms with Gasteiger partial charge >= 0.3 is 0 Å². The molecule has 0 aliphatic rings. The molecule has 1 rings (SSSR count). The van der Waals surface area contributed by atoms with Crippen molar-refractivity contribution >= 4 is 16.9 Å². The molecule has 0 fully saturated rings. The third kappa shape index (κ3) is 2.43. The zero-order valence-electron chi connectivity index (χ0n) is 7.24. The van der Waals surface area contributed by atoms with E-state index in [0.29, 0.717) is 5.69 Å². The fourth-order valence-electron chi connectivity index (χ4n) is 0.947. The number of rotatable bonds is 2. The van der Waals surface area contributed by atoms with E-state index in [9.17, 15) is 0 Å². The normalized spacial score (nSPS) is 10.0. The zero-order valence-corrected chi connectivity index (χ0v) is 8.06. The lowest BCUT2D eigenvalue weighted by Gasteiger charge is -2.06. The fraction of sp³-hybridized carbons (Fsp3) is 0.250. The van der Waals surface area contributed by atoms with Gasteiger partial charge in [0.2, 0.25) is 0 Å². The van der Waals surface area contributed by atoms with Crippen molar-refractivity contribution in [2.24, 2.45) is 5.73 Å². The Bertz CT molecular complexity index is 327. The summed E-state index contributed by atoms with van der Waals surface area (Å²) in [4.78, 5) is 4.86. The Morgan fingerprint density at radius 2 is 2.46 bits per heavy atom. The summed E-state index contributed by atoms with van der Waals surface area (Å²) in [6.45, 7) is 1.77. The van der Waals surface area contributed by atoms with Crippen molar-refractivity contribution in [1.82, 2.24) is 4.98 Å². The first-order valence-corrected chi connectivity index (χ1v) is 4.54. The first-order chi connectivity index (χ1) is 6.15. The van der Waals surface area contributed by atoms with Gasteiger partial charge in [-0.15, -0.1) is 0 Å². The lowest BCUT2D eigenvalue weighted by Crippen LogP contribution is -2.04. The number of nitrogens with two attached hydrogens (primary N) is 1. The summed E-state index contributed by atoms with van der Waals surface area (Å²) >= 11 is 1.16. The molecule has 0 atom stereocenters. The van der Waals surface area contributed by atoms with Gasteiger partial charge in [-0.05, 0) is 18.6 Å². The molecule has 4 N–H and O–H groups in total. The van der Waals surface area contributed by atoms with Crippen LogP contribution >= 0.6 is 11.8 Å². The van der Waals surface area contributed by atoms with E-state index in [2.05, 4.69) is 4.98 Å². The number of hydrogen-bond acceptors (Lipinski definition) is 4. The van der Waals surface area contributed by atoms with E-state index in [0.717, 1.165) is 22.2 Å². The smallest absolute Gasteiger partial charge is 0.155 e. The first-order valence-electron chi connectivity index (χ1n) is 3.72. The standard InChI is InChI=1S/C8H11N3OS/c1-5-6(4-12)11-3-2-7(5)13-8(9)10/h2-3,12H,4H2,1H3,(H3,9,10). The van der Waals surface area contributed by atoms with Crippen molar-refractivity contribution in [1.29, 1.82) is 5.41 Å². The van der Waals surface area contributed by atoms with Crippen LogP contribution < -0.4 is 5.73 Å². The van der Waals surface area contributed by atoms with Crippen LogP contribution in [0.5, 0.6) is 0 Å². The van der Waals surface area contributed by atoms with Crippen LogP contribution in [-0.4, -0.2) is 15.3 Å². The predicted octanol–water partition coefficient (Wildman–Crippen LogP) is 0.868. The molecular formula is C8H11N3OS. The van der Waals surface area contributed by atoms with E-state index in [1.165, 1.54) is 0 Å². The molecule has 70 valence electrons. The summed E-state index contributed by atoms with van der Waals surface area (Å²) in [5, 5.41) is 16.1. The van der Waals surface area contributed by atoms with Crippen LogP contribution in [0.3, 0.4) is 0 Å². The highest BCUT2D eigenvalue weighted by Crippen LogP contribution is 2.22. The molecule has 1 aromatic rings. The van der Waals surface area contributed by atoms with E-state index in [1.54, 1.807) is 12.3 Å². The number of nitrogens with zero attached hydrogens (tertiary/aromatic N) is 1. The number of aromatic nitrogens is 1. The Labute approximate surface area is 80.7 Å². The number of nitrogens with one attached hydrogen (secondary N) is 1. The maximum Gasteiger partial charge on any atom is 0.155 e. The van der Waals surface area contributed by atoms with Crippen LogP contribution in [0.2, 0.25) is 0 Å². The van der Waals surface area contributed by atoms with E-state index in [1.807, 2.05) is 6.92 Å². The second-order valence-electron chi connectivity index (χ2n) is 2.51. The number of hydrogen-bond donors (Lipinski definition) is 3. The van der Waals surface area contributed by atoms with Gasteiger partial charge in [0.05, 0.1) is 12.3 Å². The second kappa shape index (κ2) is 4.25. The molecule has 0 unspecified atom stereocenters. The van der Waals surface area contributed by atoms with E-state index in [4.69, 9.17) is 16.2 Å². The van der Waals surface area contributed by atoms with Crippen molar-refractivity contribution in [3.63, 3.8) is 0 Å². The molecule has 4 nitrogen and oxygen atoms in total. The predicted molar refractivity (Wildman–Crippen MR) is 52.7 cm³/mol. The number of aliphatic hydroxyl groups is 1. The van der Waals surface area contributed by atoms with Crippen molar-refractivity contribution in [3.05, 3.63) is 23.5 Å². The van der Waals surface area contributed by atoms with Gasteiger partial charge in [-0.25, -0.2) is 0 Å². The highest BCUT2D eigenvalue weighted by atomic mass is 32.2. The minimum Gasteiger partial charge on any atom is -0.390 e. The minimum atomic E-state index is -0.0852. The molecule has 0 amide bonds. The molecule has 0 aliphatic heterocycles. The summed E-state index contributed by atoms with van der Waals surface area (Å²) < 4.78 is 0. The van der Waals surface area contributed by atoms with Gasteiger partial charge in [-0.3, -0.25) is 10.4 Å². The molecule has 0 saturated carbocycles. The van der Waals surface area contributed by atoms with Crippen LogP contribution in [0.25, 0.3) is 0 Å². The van der Waals surface area contributed by atoms with Crippen LogP contribution in [0, 0.1) is 12.3 Å². The number of aliphatic hydroxyl groups excluding tert-OH is 1. The van der Waals surface area contributed by atoms with Gasteiger partial charge in [-0.2, -0.15) is 0 Å². The zero-order chi connectivity index (χ0) is 9.84. The van der Waals surface area contributed by atoms with E-state index in [-0.39, 0.29) is 11.8 Å². The van der Waals surface area contributed by atoms with Gasteiger partial charge in [0.1, 0.15) is 0 Å². The molecule has 0 bridgehead atoms. The van der Waals surface area contributed by atoms with Crippen LogP contribution in [0.1, 0.15) is 11.3 Å². The molecule has 0 aliphatic carbocycles. The van der Waals surface area contributed by atoms with Gasteiger partial charge in [0.15, 0.2) is 5.17 Å². The maximum atomic E-state index is 8.92. The number of thioether (sulfide) groups is 1. The third-order valence-electron chi connectivity index (χ3n) is 1.63. The monoisotopic (exact) mass is 197 g/mol. The average Bonchev–Trinajstić information content (AvgIpc) is 2.08. The Hall–Kier alpha value is -1.07. The second-order valence-corrected chi connectivity index (χ2v) is 3.59. The molecule has 5 heteroatoms. The Kier molecular flexibility index (Phi) is 3.27. The molecule has 1 heterocycles. The Balaban J connectivity index is 3.01. The molecule has 0 radical (unpaired) electrons. The first kappa shape index (κ1) is 10.0. The SMILES string of the molecule is Cc1c(SC(=N)N)ccnc1CO. The molecular weight excluding hydrogens is 186 g/mol. The average molecular weight is 197 g/mol. The largest absolute Gasteiger partial charge is 0.390 e. The van der Waals surface area contributed by atoms with Crippen molar-refractivity contribution in [2.45, 2.75) is 18.4 Å². The van der Waals surface area contributed by atoms with Gasteiger partial charge < -0.3 is 10.8 Å². The lowest BCUT2D eigenvalue weighted by atomic mass is 10.2. The Morgan fingerprint density at radius 3 is 3.00 bits per heavy atom. The van der Waals surface area contributed by atoms with Crippen molar-refractivity contribution in [3.8, 4) is 0 Å². The maximum absolute atomic E-state index is 8.92. The van der Waals surface area contributed by atoms with Gasteiger partial charge in [-0.1, -0.05) is 11.8 Å². The minimum absolute atomic E-state index is 0.0400. The van der Waals surface area contributed by atoms with Crippen LogP contribution in [0.4, 0.5) is 0 Å². The summed E-state index contributed by atoms with van der Waals surface area (Å²) in [6, 6.07) is 1.78. The van der Waals surface area contributed by atoms with Crippen LogP contribution in [0.15, 0.2) is 17.2 Å². The van der Waals surface area contributed by atoms with Crippen LogP contribution in [-0.2, 0) is 6.61 Å². The lowest BCUT2D eigenvalue weighted by molar-refractivity contribution is 0.275. The van der Waals surface area contributed by atoms with E-state index >= 15 is 0 Å². The third-order valence-corrected chi connectivity index (χ3v) is 2.51. The van der Waals surface area contributed by atoms with Gasteiger partial charge in [0.25, 0.3) is 0 Å². The van der Waals surface area contributed by atoms with Crippen molar-refractivity contribution in [2.75, 3.05) is 0 Å². The molecule has 1 aromatic heterocycles. The quantitative estimate of drug-likeness (QED) is 0.373. The fourth-order valence-corrected chi connectivity index (χ4v) is 1.58. The number of pyridine rings is 1. The highest BCUT2D eigenvalue weighted by molar-refractivity contribution is 8.13. The topological polar surface area (TPSA) is 83.0 Å².